The second kappa shape index (κ2) is 7.49. The second-order valence-electron chi connectivity index (χ2n) is 2.48. The fourth-order valence-corrected chi connectivity index (χ4v) is 0.698. The van der Waals surface area contributed by atoms with Crippen LogP contribution in [0.25, 0.3) is 0 Å². The van der Waals surface area contributed by atoms with Crippen LogP contribution in [0.15, 0.2) is 24.5 Å². The summed E-state index contributed by atoms with van der Waals surface area (Å²) in [6, 6.07) is 3.37. The monoisotopic (exact) mass is 211 g/mol. The number of esters is 1. The highest BCUT2D eigenvalue weighted by molar-refractivity contribution is 5.88. The van der Waals surface area contributed by atoms with E-state index >= 15 is 0 Å². The van der Waals surface area contributed by atoms with Crippen LogP contribution >= 0.6 is 0 Å². The summed E-state index contributed by atoms with van der Waals surface area (Å²) in [4.78, 5) is 23.8. The van der Waals surface area contributed by atoms with Crippen LogP contribution in [0.4, 0.5) is 0 Å². The molecule has 1 heterocycles. The van der Waals surface area contributed by atoms with Crippen LogP contribution in [0.2, 0.25) is 0 Å². The quantitative estimate of drug-likeness (QED) is 0.747. The molecule has 0 saturated heterocycles. The minimum Gasteiger partial charge on any atom is -0.481 e. The van der Waals surface area contributed by atoms with Crippen molar-refractivity contribution in [2.24, 2.45) is 0 Å². The van der Waals surface area contributed by atoms with Crippen molar-refractivity contribution in [1.82, 2.24) is 4.98 Å². The van der Waals surface area contributed by atoms with Crippen LogP contribution in [0.3, 0.4) is 0 Å². The number of rotatable bonds is 2. The molecule has 0 aromatic carbocycles. The molecule has 15 heavy (non-hydrogen) atoms. The van der Waals surface area contributed by atoms with E-state index in [0.29, 0.717) is 12.2 Å². The molecule has 1 rings (SSSR count). The van der Waals surface area contributed by atoms with E-state index in [2.05, 4.69) is 4.98 Å². The van der Waals surface area contributed by atoms with Crippen LogP contribution in [0, 0.1) is 0 Å². The molecule has 0 spiro atoms. The molecular formula is C10H13NO4. The minimum atomic E-state index is -0.833. The molecule has 0 unspecified atom stereocenters. The number of hydrogen-bond donors (Lipinski definition) is 1. The number of hydrogen-bond acceptors (Lipinski definition) is 4. The molecule has 0 radical (unpaired) electrons. The number of nitrogens with zero attached hydrogens (tertiary/aromatic N) is 1. The maximum absolute atomic E-state index is 11.0. The van der Waals surface area contributed by atoms with Gasteiger partial charge in [-0.05, 0) is 19.1 Å². The first kappa shape index (κ1) is 13.1. The average Bonchev–Trinajstić information content (AvgIpc) is 2.19. The third-order valence-electron chi connectivity index (χ3n) is 1.17. The van der Waals surface area contributed by atoms with Crippen molar-refractivity contribution in [2.45, 2.75) is 13.8 Å². The lowest BCUT2D eigenvalue weighted by Crippen LogP contribution is -2.04. The van der Waals surface area contributed by atoms with E-state index < -0.39 is 5.97 Å². The van der Waals surface area contributed by atoms with Crippen LogP contribution in [0.5, 0.6) is 0 Å². The Bertz CT molecular complexity index is 306. The van der Waals surface area contributed by atoms with Crippen molar-refractivity contribution in [1.29, 1.82) is 0 Å². The number of carboxylic acid groups (broad SMARTS) is 1. The van der Waals surface area contributed by atoms with Crippen LogP contribution in [-0.2, 0) is 9.53 Å². The van der Waals surface area contributed by atoms with Crippen molar-refractivity contribution in [3.63, 3.8) is 0 Å². The molecule has 5 heteroatoms. The first-order valence-corrected chi connectivity index (χ1v) is 4.34. The van der Waals surface area contributed by atoms with E-state index in [0.717, 1.165) is 6.92 Å². The zero-order chi connectivity index (χ0) is 11.7. The van der Waals surface area contributed by atoms with E-state index in [1.54, 1.807) is 25.3 Å². The summed E-state index contributed by atoms with van der Waals surface area (Å²) in [6.45, 7) is 3.25. The van der Waals surface area contributed by atoms with Gasteiger partial charge in [-0.25, -0.2) is 4.79 Å². The van der Waals surface area contributed by atoms with Gasteiger partial charge in [0.2, 0.25) is 0 Å². The molecule has 0 amide bonds. The SMILES string of the molecule is CC(=O)O.CCOC(=O)c1cccnc1. The van der Waals surface area contributed by atoms with Crippen LogP contribution < -0.4 is 0 Å². The second-order valence-corrected chi connectivity index (χ2v) is 2.48. The summed E-state index contributed by atoms with van der Waals surface area (Å²) in [5.74, 6) is -1.15. The van der Waals surface area contributed by atoms with Gasteiger partial charge in [0, 0.05) is 19.3 Å². The number of aliphatic carboxylic acids is 1. The van der Waals surface area contributed by atoms with E-state index in [4.69, 9.17) is 14.6 Å². The van der Waals surface area contributed by atoms with Crippen molar-refractivity contribution in [2.75, 3.05) is 6.61 Å². The van der Waals surface area contributed by atoms with E-state index in [9.17, 15) is 4.79 Å². The summed E-state index contributed by atoms with van der Waals surface area (Å²) in [6.07, 6.45) is 3.10. The summed E-state index contributed by atoms with van der Waals surface area (Å²) < 4.78 is 4.75. The zero-order valence-corrected chi connectivity index (χ0v) is 8.64. The molecule has 0 fully saturated rings. The number of pyridine rings is 1. The summed E-state index contributed by atoms with van der Waals surface area (Å²) in [7, 11) is 0. The Morgan fingerprint density at radius 2 is 2.13 bits per heavy atom. The number of carbonyl (C=O) groups excluding carboxylic acids is 1. The summed E-state index contributed by atoms with van der Waals surface area (Å²) in [5, 5.41) is 7.42. The fourth-order valence-electron chi connectivity index (χ4n) is 0.698. The van der Waals surface area contributed by atoms with E-state index in [1.807, 2.05) is 0 Å². The summed E-state index contributed by atoms with van der Waals surface area (Å²) in [5.41, 5.74) is 0.495. The van der Waals surface area contributed by atoms with Gasteiger partial charge < -0.3 is 9.84 Å². The minimum absolute atomic E-state index is 0.319. The average molecular weight is 211 g/mol. The molecule has 0 bridgehead atoms. The standard InChI is InChI=1S/C8H9NO2.C2H4O2/c1-2-11-8(10)7-4-3-5-9-6-7;1-2(3)4/h3-6H,2H2,1H3;1H3,(H,3,4). The predicted molar refractivity (Wildman–Crippen MR) is 53.5 cm³/mol. The Hall–Kier alpha value is -1.91. The van der Waals surface area contributed by atoms with Gasteiger partial charge in [0.15, 0.2) is 0 Å². The van der Waals surface area contributed by atoms with Gasteiger partial charge in [-0.2, -0.15) is 0 Å². The highest BCUT2D eigenvalue weighted by Gasteiger charge is 2.03. The lowest BCUT2D eigenvalue weighted by molar-refractivity contribution is -0.134. The lowest BCUT2D eigenvalue weighted by Gasteiger charge is -1.98. The normalized spacial score (nSPS) is 8.40. The number of aromatic nitrogens is 1. The molecule has 0 aliphatic rings. The van der Waals surface area contributed by atoms with Gasteiger partial charge in [0.1, 0.15) is 0 Å². The largest absolute Gasteiger partial charge is 0.481 e. The Morgan fingerprint density at radius 3 is 2.53 bits per heavy atom. The molecule has 0 aliphatic heterocycles. The lowest BCUT2D eigenvalue weighted by atomic mass is 10.3. The van der Waals surface area contributed by atoms with Gasteiger partial charge in [-0.1, -0.05) is 0 Å². The third-order valence-corrected chi connectivity index (χ3v) is 1.17. The Balaban J connectivity index is 0.000000423. The first-order valence-electron chi connectivity index (χ1n) is 4.34. The molecule has 1 aromatic heterocycles. The van der Waals surface area contributed by atoms with E-state index in [-0.39, 0.29) is 5.97 Å². The Morgan fingerprint density at radius 1 is 1.53 bits per heavy atom. The molecule has 1 aromatic rings. The van der Waals surface area contributed by atoms with Crippen molar-refractivity contribution in [3.05, 3.63) is 30.1 Å². The van der Waals surface area contributed by atoms with Gasteiger partial charge in [0.05, 0.1) is 12.2 Å². The van der Waals surface area contributed by atoms with Gasteiger partial charge >= 0.3 is 5.97 Å². The topological polar surface area (TPSA) is 76.5 Å². The molecule has 0 saturated carbocycles. The van der Waals surface area contributed by atoms with Gasteiger partial charge in [-0.15, -0.1) is 0 Å². The Labute approximate surface area is 87.7 Å². The molecule has 82 valence electrons. The first-order chi connectivity index (χ1) is 7.07. The highest BCUT2D eigenvalue weighted by atomic mass is 16.5. The maximum atomic E-state index is 11.0. The van der Waals surface area contributed by atoms with Crippen molar-refractivity contribution < 1.29 is 19.4 Å². The zero-order valence-electron chi connectivity index (χ0n) is 8.64. The number of ether oxygens (including phenoxy) is 1. The van der Waals surface area contributed by atoms with Crippen molar-refractivity contribution >= 4 is 11.9 Å². The highest BCUT2D eigenvalue weighted by Crippen LogP contribution is 1.97. The summed E-state index contributed by atoms with van der Waals surface area (Å²) >= 11 is 0. The van der Waals surface area contributed by atoms with E-state index in [1.165, 1.54) is 6.20 Å². The molecule has 5 nitrogen and oxygen atoms in total. The van der Waals surface area contributed by atoms with Crippen LogP contribution in [0.1, 0.15) is 24.2 Å². The molecule has 0 aliphatic carbocycles. The van der Waals surface area contributed by atoms with Crippen LogP contribution in [-0.4, -0.2) is 28.6 Å². The predicted octanol–water partition coefficient (Wildman–Crippen LogP) is 1.35. The number of carbonyl (C=O) groups is 2. The smallest absolute Gasteiger partial charge is 0.339 e. The van der Waals surface area contributed by atoms with Gasteiger partial charge in [-0.3, -0.25) is 9.78 Å². The molecule has 1 N–H and O–H groups in total. The fraction of sp³-hybridized carbons (Fsp3) is 0.300. The molecule has 0 atom stereocenters. The van der Waals surface area contributed by atoms with Gasteiger partial charge in [0.25, 0.3) is 5.97 Å². The van der Waals surface area contributed by atoms with Crippen molar-refractivity contribution in [3.8, 4) is 0 Å². The third kappa shape index (κ3) is 7.18. The maximum Gasteiger partial charge on any atom is 0.339 e. The number of carboxylic acids is 1. The Kier molecular flexibility index (Phi) is 6.54. The molecular weight excluding hydrogens is 198 g/mol.